The molecule has 1 aromatic carbocycles. The summed E-state index contributed by atoms with van der Waals surface area (Å²) in [6, 6.07) is 6.34. The molecule has 3 atom stereocenters. The van der Waals surface area contributed by atoms with Gasteiger partial charge in [0.1, 0.15) is 5.82 Å². The van der Waals surface area contributed by atoms with Gasteiger partial charge in [0, 0.05) is 18.8 Å². The number of thioether (sulfide) groups is 1. The predicted octanol–water partition coefficient (Wildman–Crippen LogP) is 1.79. The number of aromatic nitrogens is 4. The van der Waals surface area contributed by atoms with Gasteiger partial charge in [-0.3, -0.25) is 0 Å². The van der Waals surface area contributed by atoms with Crippen molar-refractivity contribution in [2.75, 3.05) is 11.1 Å². The number of nitrogens with one attached hydrogen (secondary N) is 1. The Hall–Kier alpha value is -2.67. The van der Waals surface area contributed by atoms with Gasteiger partial charge in [-0.05, 0) is 30.5 Å². The van der Waals surface area contributed by atoms with Crippen LogP contribution < -0.4 is 5.32 Å². The van der Waals surface area contributed by atoms with Gasteiger partial charge >= 0.3 is 0 Å². The molecular weight excluding hydrogens is 393 g/mol. The van der Waals surface area contributed by atoms with Gasteiger partial charge in [0.2, 0.25) is 5.82 Å². The lowest BCUT2D eigenvalue weighted by Crippen LogP contribution is -2.31. The van der Waals surface area contributed by atoms with Crippen LogP contribution >= 0.6 is 11.8 Å². The Morgan fingerprint density at radius 2 is 2.21 bits per heavy atom. The van der Waals surface area contributed by atoms with Gasteiger partial charge in [-0.1, -0.05) is 18.1 Å². The van der Waals surface area contributed by atoms with E-state index < -0.39 is 12.2 Å². The lowest BCUT2D eigenvalue weighted by atomic mass is 10.1. The van der Waals surface area contributed by atoms with Crippen LogP contribution in [0.2, 0.25) is 0 Å². The molecule has 150 valence electrons. The summed E-state index contributed by atoms with van der Waals surface area (Å²) in [5.41, 5.74) is 1.94. The van der Waals surface area contributed by atoms with Crippen molar-refractivity contribution < 1.29 is 14.6 Å². The van der Waals surface area contributed by atoms with Gasteiger partial charge in [0.25, 0.3) is 0 Å². The second kappa shape index (κ2) is 8.37. The number of anilines is 1. The molecule has 7 nitrogen and oxygen atoms in total. The molecule has 0 bridgehead atoms. The monoisotopic (exact) mass is 413 g/mol. The number of fused-ring (bicyclic) bond motifs is 1. The van der Waals surface area contributed by atoms with E-state index in [1.807, 2.05) is 10.6 Å². The summed E-state index contributed by atoms with van der Waals surface area (Å²) < 4.78 is 15.3. The smallest absolute Gasteiger partial charge is 0.208 e. The molecule has 1 aliphatic heterocycles. The Bertz CT molecular complexity index is 1090. The van der Waals surface area contributed by atoms with E-state index in [-0.39, 0.29) is 11.1 Å². The fourth-order valence-electron chi connectivity index (χ4n) is 3.22. The first-order chi connectivity index (χ1) is 14.0. The Labute approximate surface area is 171 Å². The zero-order chi connectivity index (χ0) is 20.4. The largest absolute Gasteiger partial charge is 0.390 e. The van der Waals surface area contributed by atoms with E-state index >= 15 is 0 Å². The van der Waals surface area contributed by atoms with Crippen LogP contribution in [0.1, 0.15) is 18.3 Å². The molecule has 0 amide bonds. The summed E-state index contributed by atoms with van der Waals surface area (Å²) in [5, 5.41) is 23.0. The molecule has 2 aromatic heterocycles. The molecule has 4 rings (SSSR count). The summed E-state index contributed by atoms with van der Waals surface area (Å²) in [5.74, 6) is 6.72. The number of hydrogen-bond acceptors (Lipinski definition) is 7. The number of imidazole rings is 1. The van der Waals surface area contributed by atoms with Crippen molar-refractivity contribution in [3.8, 4) is 11.8 Å². The lowest BCUT2D eigenvalue weighted by Gasteiger charge is -2.16. The van der Waals surface area contributed by atoms with Gasteiger partial charge in [0.05, 0.1) is 23.8 Å². The highest BCUT2D eigenvalue weighted by molar-refractivity contribution is 8.00. The maximum Gasteiger partial charge on any atom is 0.208 e. The van der Waals surface area contributed by atoms with E-state index in [1.54, 1.807) is 19.3 Å². The minimum absolute atomic E-state index is 0.151. The zero-order valence-corrected chi connectivity index (χ0v) is 16.5. The third-order valence-electron chi connectivity index (χ3n) is 4.68. The molecule has 9 heteroatoms. The summed E-state index contributed by atoms with van der Waals surface area (Å²) in [7, 11) is 0. The normalized spacial score (nSPS) is 21.2. The lowest BCUT2D eigenvalue weighted by molar-refractivity contribution is 0.0396. The molecule has 29 heavy (non-hydrogen) atoms. The van der Waals surface area contributed by atoms with E-state index in [1.165, 1.54) is 23.9 Å². The molecule has 0 saturated carbocycles. The molecular formula is C20H20FN5O2S. The number of halogens is 1. The van der Waals surface area contributed by atoms with E-state index in [9.17, 15) is 14.6 Å². The Morgan fingerprint density at radius 3 is 2.93 bits per heavy atom. The molecule has 1 saturated heterocycles. The number of aliphatic hydroxyl groups is 2. The minimum atomic E-state index is -0.792. The number of rotatable bonds is 5. The summed E-state index contributed by atoms with van der Waals surface area (Å²) in [6.45, 7) is 2.54. The van der Waals surface area contributed by atoms with Crippen LogP contribution in [-0.2, 0) is 13.1 Å². The van der Waals surface area contributed by atoms with E-state index in [2.05, 4.69) is 32.1 Å². The van der Waals surface area contributed by atoms with Crippen molar-refractivity contribution >= 4 is 28.7 Å². The van der Waals surface area contributed by atoms with Crippen LogP contribution in [0.25, 0.3) is 11.2 Å². The number of benzene rings is 1. The SMILES string of the molecule is CC#Cc1nc(NCc2cccc(F)c2)c2ncn(C[C@@H]3SC[C@@H](O)[C@H]3O)c2n1. The molecule has 3 N–H and O–H groups in total. The maximum absolute atomic E-state index is 13.4. The van der Waals surface area contributed by atoms with Gasteiger partial charge in [-0.25, -0.2) is 19.3 Å². The average molecular weight is 413 g/mol. The molecule has 0 unspecified atom stereocenters. The standard InChI is InChI=1S/C20H20FN5O2S/c1-2-4-16-24-19(22-8-12-5-3-6-13(21)7-12)17-20(25-16)26(11-23-17)9-15-18(28)14(27)10-29-15/h3,5-7,11,14-15,18,27-28H,8-10H2,1H3,(H,22,24,25)/t14-,15+,18-/m1/s1. The van der Waals surface area contributed by atoms with Gasteiger partial charge in [0.15, 0.2) is 17.0 Å². The fourth-order valence-corrected chi connectivity index (χ4v) is 4.51. The van der Waals surface area contributed by atoms with E-state index in [0.717, 1.165) is 5.56 Å². The quantitative estimate of drug-likeness (QED) is 0.549. The zero-order valence-electron chi connectivity index (χ0n) is 15.7. The molecule has 1 aliphatic rings. The van der Waals surface area contributed by atoms with Crippen molar-refractivity contribution in [2.24, 2.45) is 0 Å². The Balaban J connectivity index is 1.65. The number of nitrogens with zero attached hydrogens (tertiary/aromatic N) is 4. The van der Waals surface area contributed by atoms with Gasteiger partial charge in [-0.2, -0.15) is 11.8 Å². The first-order valence-electron chi connectivity index (χ1n) is 9.17. The number of hydrogen-bond donors (Lipinski definition) is 3. The minimum Gasteiger partial charge on any atom is -0.390 e. The second-order valence-corrected chi connectivity index (χ2v) is 8.03. The first kappa shape index (κ1) is 19.6. The maximum atomic E-state index is 13.4. The van der Waals surface area contributed by atoms with Crippen molar-refractivity contribution in [2.45, 2.75) is 37.5 Å². The van der Waals surface area contributed by atoms with E-state index in [4.69, 9.17) is 0 Å². The summed E-state index contributed by atoms with van der Waals surface area (Å²) >= 11 is 1.52. The molecule has 0 radical (unpaired) electrons. The molecule has 0 aliphatic carbocycles. The summed E-state index contributed by atoms with van der Waals surface area (Å²) in [4.78, 5) is 13.4. The highest BCUT2D eigenvalue weighted by Gasteiger charge is 2.34. The van der Waals surface area contributed by atoms with Crippen LogP contribution in [0.15, 0.2) is 30.6 Å². The van der Waals surface area contributed by atoms with Crippen LogP contribution in [0.4, 0.5) is 10.2 Å². The Kier molecular flexibility index (Phi) is 5.67. The first-order valence-corrected chi connectivity index (χ1v) is 10.2. The average Bonchev–Trinajstić information content (AvgIpc) is 3.25. The third kappa shape index (κ3) is 4.19. The highest BCUT2D eigenvalue weighted by atomic mass is 32.2. The third-order valence-corrected chi connectivity index (χ3v) is 6.07. The van der Waals surface area contributed by atoms with Crippen molar-refractivity contribution in [3.63, 3.8) is 0 Å². The van der Waals surface area contributed by atoms with Crippen LogP contribution in [0.3, 0.4) is 0 Å². The van der Waals surface area contributed by atoms with Gasteiger partial charge in [-0.15, -0.1) is 0 Å². The van der Waals surface area contributed by atoms with Crippen LogP contribution in [0, 0.1) is 17.7 Å². The molecule has 0 spiro atoms. The van der Waals surface area contributed by atoms with Crippen molar-refractivity contribution in [1.82, 2.24) is 19.5 Å². The molecule has 1 fully saturated rings. The van der Waals surface area contributed by atoms with Crippen LogP contribution in [0.5, 0.6) is 0 Å². The van der Waals surface area contributed by atoms with Crippen molar-refractivity contribution in [3.05, 3.63) is 47.8 Å². The molecule has 3 aromatic rings. The highest BCUT2D eigenvalue weighted by Crippen LogP contribution is 2.30. The second-order valence-electron chi connectivity index (χ2n) is 6.75. The molecule has 3 heterocycles. The van der Waals surface area contributed by atoms with Crippen LogP contribution in [-0.4, -0.2) is 52.9 Å². The topological polar surface area (TPSA) is 96.1 Å². The van der Waals surface area contributed by atoms with E-state index in [0.29, 0.717) is 41.6 Å². The van der Waals surface area contributed by atoms with Gasteiger partial charge < -0.3 is 20.1 Å². The number of aliphatic hydroxyl groups excluding tert-OH is 2. The predicted molar refractivity (Wildman–Crippen MR) is 110 cm³/mol. The summed E-state index contributed by atoms with van der Waals surface area (Å²) in [6.07, 6.45) is 0.132. The Morgan fingerprint density at radius 1 is 1.34 bits per heavy atom. The fraction of sp³-hybridized carbons (Fsp3) is 0.350. The van der Waals surface area contributed by atoms with Crippen molar-refractivity contribution in [1.29, 1.82) is 0 Å².